The quantitative estimate of drug-likeness (QED) is 0.404. The monoisotopic (exact) mass is 314 g/mol. The molecule has 7 nitrogen and oxygen atoms in total. The summed E-state index contributed by atoms with van der Waals surface area (Å²) in [6, 6.07) is 10.3. The van der Waals surface area contributed by atoms with E-state index in [1.807, 2.05) is 6.92 Å². The maximum atomic E-state index is 12.2. The number of esters is 1. The summed E-state index contributed by atoms with van der Waals surface area (Å²) in [7, 11) is 0. The van der Waals surface area contributed by atoms with E-state index >= 15 is 0 Å². The van der Waals surface area contributed by atoms with E-state index in [2.05, 4.69) is 5.32 Å². The molecule has 23 heavy (non-hydrogen) atoms. The van der Waals surface area contributed by atoms with Crippen molar-refractivity contribution >= 4 is 23.3 Å². The van der Waals surface area contributed by atoms with Gasteiger partial charge >= 0.3 is 5.97 Å². The number of non-ortho nitro benzene ring substituents is 1. The number of nitrogens with zero attached hydrogens (tertiary/aromatic N) is 1. The minimum atomic E-state index is -0.576. The third-order valence-corrected chi connectivity index (χ3v) is 2.96. The highest BCUT2D eigenvalue weighted by atomic mass is 16.6. The fourth-order valence-corrected chi connectivity index (χ4v) is 1.93. The second-order valence-corrected chi connectivity index (χ2v) is 4.85. The minimum Gasteiger partial charge on any atom is -0.424 e. The number of ether oxygens (including phenoxy) is 1. The van der Waals surface area contributed by atoms with Crippen molar-refractivity contribution in [1.82, 2.24) is 0 Å². The van der Waals surface area contributed by atoms with Gasteiger partial charge in [0.1, 0.15) is 0 Å². The van der Waals surface area contributed by atoms with Crippen LogP contribution >= 0.6 is 0 Å². The Labute approximate surface area is 132 Å². The van der Waals surface area contributed by atoms with Crippen LogP contribution in [0.4, 0.5) is 11.4 Å². The standard InChI is InChI=1S/C16H14N2O5/c1-10-6-7-14(15(8-10)23-11(2)19)17-16(20)12-4-3-5-13(9-12)18(21)22/h3-9H,1-2H3,(H,17,20). The van der Waals surface area contributed by atoms with Crippen molar-refractivity contribution in [3.63, 3.8) is 0 Å². The molecule has 1 amide bonds. The largest absolute Gasteiger partial charge is 0.424 e. The van der Waals surface area contributed by atoms with Crippen molar-refractivity contribution in [2.45, 2.75) is 13.8 Å². The van der Waals surface area contributed by atoms with Gasteiger partial charge in [-0.25, -0.2) is 0 Å². The summed E-state index contributed by atoms with van der Waals surface area (Å²) in [4.78, 5) is 33.6. The molecule has 118 valence electrons. The third kappa shape index (κ3) is 4.13. The van der Waals surface area contributed by atoms with Crippen molar-refractivity contribution in [2.75, 3.05) is 5.32 Å². The molecule has 0 unspecified atom stereocenters. The Hall–Kier alpha value is -3.22. The Morgan fingerprint density at radius 2 is 1.91 bits per heavy atom. The smallest absolute Gasteiger partial charge is 0.308 e. The van der Waals surface area contributed by atoms with Gasteiger partial charge in [-0.2, -0.15) is 0 Å². The molecule has 0 bridgehead atoms. The Kier molecular flexibility index (Phi) is 4.70. The number of hydrogen-bond donors (Lipinski definition) is 1. The molecule has 2 aromatic rings. The summed E-state index contributed by atoms with van der Waals surface area (Å²) in [6.07, 6.45) is 0. The minimum absolute atomic E-state index is 0.133. The van der Waals surface area contributed by atoms with E-state index in [4.69, 9.17) is 4.74 Å². The van der Waals surface area contributed by atoms with Crippen LogP contribution in [-0.2, 0) is 4.79 Å². The molecule has 0 saturated carbocycles. The van der Waals surface area contributed by atoms with Crippen LogP contribution in [0.25, 0.3) is 0 Å². The maximum Gasteiger partial charge on any atom is 0.308 e. The van der Waals surface area contributed by atoms with Gasteiger partial charge in [0.25, 0.3) is 11.6 Å². The lowest BCUT2D eigenvalue weighted by atomic mass is 10.1. The predicted molar refractivity (Wildman–Crippen MR) is 83.5 cm³/mol. The molecule has 1 N–H and O–H groups in total. The molecule has 7 heteroatoms. The highest BCUT2D eigenvalue weighted by Gasteiger charge is 2.14. The summed E-state index contributed by atoms with van der Waals surface area (Å²) in [6.45, 7) is 3.08. The number of aryl methyl sites for hydroxylation is 1. The number of amides is 1. The lowest BCUT2D eigenvalue weighted by molar-refractivity contribution is -0.384. The van der Waals surface area contributed by atoms with Gasteiger partial charge in [-0.3, -0.25) is 19.7 Å². The number of nitro groups is 1. The van der Waals surface area contributed by atoms with Crippen molar-refractivity contribution < 1.29 is 19.2 Å². The molecule has 0 atom stereocenters. The van der Waals surface area contributed by atoms with Gasteiger partial charge in [0.2, 0.25) is 0 Å². The van der Waals surface area contributed by atoms with Crippen LogP contribution in [0, 0.1) is 17.0 Å². The zero-order valence-electron chi connectivity index (χ0n) is 12.5. The zero-order valence-corrected chi connectivity index (χ0v) is 12.5. The van der Waals surface area contributed by atoms with Crippen LogP contribution in [0.3, 0.4) is 0 Å². The van der Waals surface area contributed by atoms with Gasteiger partial charge < -0.3 is 10.1 Å². The SMILES string of the molecule is CC(=O)Oc1cc(C)ccc1NC(=O)c1cccc([N+](=O)[O-])c1. The topological polar surface area (TPSA) is 98.5 Å². The first-order valence-corrected chi connectivity index (χ1v) is 6.71. The number of hydrogen-bond acceptors (Lipinski definition) is 5. The van der Waals surface area contributed by atoms with Crippen LogP contribution in [-0.4, -0.2) is 16.8 Å². The van der Waals surface area contributed by atoms with Gasteiger partial charge in [0, 0.05) is 24.6 Å². The molecule has 0 fully saturated rings. The van der Waals surface area contributed by atoms with Crippen molar-refractivity contribution in [3.05, 3.63) is 63.7 Å². The molecule has 0 aliphatic carbocycles. The summed E-state index contributed by atoms with van der Waals surface area (Å²) < 4.78 is 5.06. The van der Waals surface area contributed by atoms with Gasteiger partial charge in [0.05, 0.1) is 10.6 Å². The molecule has 0 heterocycles. The number of carbonyl (C=O) groups is 2. The molecular formula is C16H14N2O5. The molecule has 0 saturated heterocycles. The van der Waals surface area contributed by atoms with Gasteiger partial charge in [-0.1, -0.05) is 12.1 Å². The van der Waals surface area contributed by atoms with E-state index in [9.17, 15) is 19.7 Å². The molecule has 2 rings (SSSR count). The van der Waals surface area contributed by atoms with Gasteiger partial charge in [0.15, 0.2) is 5.75 Å². The predicted octanol–water partition coefficient (Wildman–Crippen LogP) is 3.08. The molecule has 0 radical (unpaired) electrons. The first-order valence-electron chi connectivity index (χ1n) is 6.71. The van der Waals surface area contributed by atoms with Gasteiger partial charge in [-0.05, 0) is 30.7 Å². The summed E-state index contributed by atoms with van der Waals surface area (Å²) >= 11 is 0. The second-order valence-electron chi connectivity index (χ2n) is 4.85. The lowest BCUT2D eigenvalue weighted by Crippen LogP contribution is -2.14. The number of carbonyl (C=O) groups excluding carboxylic acids is 2. The van der Waals surface area contributed by atoms with Crippen LogP contribution < -0.4 is 10.1 Å². The molecule has 0 aliphatic rings. The van der Waals surface area contributed by atoms with Crippen molar-refractivity contribution in [1.29, 1.82) is 0 Å². The Bertz CT molecular complexity index is 786. The number of nitro benzene ring substituents is 1. The fraction of sp³-hybridized carbons (Fsp3) is 0.125. The first kappa shape index (κ1) is 16.2. The molecule has 0 aliphatic heterocycles. The summed E-state index contributed by atoms with van der Waals surface area (Å²) in [5, 5.41) is 13.4. The average molecular weight is 314 g/mol. The summed E-state index contributed by atoms with van der Waals surface area (Å²) in [5.41, 5.74) is 1.12. The molecule has 0 aromatic heterocycles. The number of benzene rings is 2. The highest BCUT2D eigenvalue weighted by Crippen LogP contribution is 2.26. The molecular weight excluding hydrogens is 300 g/mol. The fourth-order valence-electron chi connectivity index (χ4n) is 1.93. The first-order chi connectivity index (χ1) is 10.9. The number of rotatable bonds is 4. The zero-order chi connectivity index (χ0) is 17.0. The lowest BCUT2D eigenvalue weighted by Gasteiger charge is -2.11. The maximum absolute atomic E-state index is 12.2. The van der Waals surface area contributed by atoms with Crippen molar-refractivity contribution in [3.8, 4) is 5.75 Å². The van der Waals surface area contributed by atoms with E-state index in [1.54, 1.807) is 18.2 Å². The van der Waals surface area contributed by atoms with Crippen LogP contribution in [0.15, 0.2) is 42.5 Å². The van der Waals surface area contributed by atoms with Crippen LogP contribution in [0.1, 0.15) is 22.8 Å². The molecule has 0 spiro atoms. The van der Waals surface area contributed by atoms with Gasteiger partial charge in [-0.15, -0.1) is 0 Å². The number of nitrogens with one attached hydrogen (secondary N) is 1. The number of anilines is 1. The van der Waals surface area contributed by atoms with E-state index < -0.39 is 16.8 Å². The van der Waals surface area contributed by atoms with Crippen LogP contribution in [0.2, 0.25) is 0 Å². The Balaban J connectivity index is 2.28. The van der Waals surface area contributed by atoms with E-state index in [0.29, 0.717) is 5.69 Å². The second kappa shape index (κ2) is 6.69. The van der Waals surface area contributed by atoms with Crippen molar-refractivity contribution in [2.24, 2.45) is 0 Å². The third-order valence-electron chi connectivity index (χ3n) is 2.96. The average Bonchev–Trinajstić information content (AvgIpc) is 2.49. The Morgan fingerprint density at radius 1 is 1.17 bits per heavy atom. The summed E-state index contributed by atoms with van der Waals surface area (Å²) in [5.74, 6) is -0.830. The van der Waals surface area contributed by atoms with E-state index in [1.165, 1.54) is 31.2 Å². The molecule has 2 aromatic carbocycles. The Morgan fingerprint density at radius 3 is 2.57 bits per heavy atom. The normalized spacial score (nSPS) is 10.0. The van der Waals surface area contributed by atoms with Crippen LogP contribution in [0.5, 0.6) is 5.75 Å². The van der Waals surface area contributed by atoms with E-state index in [-0.39, 0.29) is 17.0 Å². The highest BCUT2D eigenvalue weighted by molar-refractivity contribution is 6.05. The van der Waals surface area contributed by atoms with E-state index in [0.717, 1.165) is 5.56 Å².